The van der Waals surface area contributed by atoms with Gasteiger partial charge >= 0.3 is 0 Å². The lowest BCUT2D eigenvalue weighted by atomic mass is 10.1. The Morgan fingerprint density at radius 1 is 1.07 bits per heavy atom. The van der Waals surface area contributed by atoms with Crippen molar-refractivity contribution in [1.29, 1.82) is 0 Å². The summed E-state index contributed by atoms with van der Waals surface area (Å²) in [4.78, 5) is 21.1. The summed E-state index contributed by atoms with van der Waals surface area (Å²) in [5.74, 6) is 1.51. The predicted octanol–water partition coefficient (Wildman–Crippen LogP) is 2.02. The zero-order valence-corrected chi connectivity index (χ0v) is 18.0. The number of para-hydroxylation sites is 1. The number of methoxy groups -OCH3 is 1. The third-order valence-corrected chi connectivity index (χ3v) is 5.27. The lowest BCUT2D eigenvalue weighted by Crippen LogP contribution is -2.52. The fourth-order valence-electron chi connectivity index (χ4n) is 3.52. The van der Waals surface area contributed by atoms with Gasteiger partial charge in [-0.25, -0.2) is 0 Å². The molecule has 1 aliphatic heterocycles. The summed E-state index contributed by atoms with van der Waals surface area (Å²) in [7, 11) is 3.37. The van der Waals surface area contributed by atoms with Crippen LogP contribution in [0, 0.1) is 6.92 Å². The van der Waals surface area contributed by atoms with E-state index in [1.54, 1.807) is 14.2 Å². The van der Waals surface area contributed by atoms with Gasteiger partial charge in [0.15, 0.2) is 5.96 Å². The van der Waals surface area contributed by atoms with Crippen molar-refractivity contribution in [3.05, 3.63) is 59.7 Å². The molecule has 2 aromatic carbocycles. The molecule has 1 fully saturated rings. The number of nitrogens with zero attached hydrogens (tertiary/aromatic N) is 3. The molecule has 3 rings (SSSR count). The Bertz CT molecular complexity index is 861. The number of aliphatic imine (C=N–C) groups is 1. The average Bonchev–Trinajstić information content (AvgIpc) is 2.80. The van der Waals surface area contributed by atoms with Gasteiger partial charge in [0.25, 0.3) is 0 Å². The molecule has 30 heavy (non-hydrogen) atoms. The van der Waals surface area contributed by atoms with Crippen LogP contribution in [0.25, 0.3) is 0 Å². The molecule has 7 heteroatoms. The molecule has 160 valence electrons. The maximum Gasteiger partial charge on any atom is 0.242 e. The fraction of sp³-hybridized carbons (Fsp3) is 0.391. The van der Waals surface area contributed by atoms with E-state index in [1.807, 2.05) is 48.2 Å². The highest BCUT2D eigenvalue weighted by molar-refractivity contribution is 5.86. The lowest BCUT2D eigenvalue weighted by Gasteiger charge is -2.36. The molecule has 0 atom stereocenters. The number of benzene rings is 2. The Morgan fingerprint density at radius 3 is 2.47 bits per heavy atom. The molecule has 2 N–H and O–H groups in total. The molecule has 2 aromatic rings. The van der Waals surface area contributed by atoms with Crippen LogP contribution in [0.1, 0.15) is 11.1 Å². The number of anilines is 1. The molecule has 1 saturated heterocycles. The number of amides is 1. The third-order valence-electron chi connectivity index (χ3n) is 5.27. The first-order chi connectivity index (χ1) is 14.6. The van der Waals surface area contributed by atoms with E-state index in [-0.39, 0.29) is 12.5 Å². The molecule has 1 aliphatic rings. The number of hydrogen-bond acceptors (Lipinski definition) is 4. The van der Waals surface area contributed by atoms with Gasteiger partial charge in [-0.15, -0.1) is 0 Å². The summed E-state index contributed by atoms with van der Waals surface area (Å²) in [6, 6.07) is 16.4. The maximum atomic E-state index is 12.6. The van der Waals surface area contributed by atoms with E-state index in [9.17, 15) is 4.79 Å². The van der Waals surface area contributed by atoms with E-state index in [2.05, 4.69) is 32.7 Å². The number of piperazine rings is 1. The Kier molecular flexibility index (Phi) is 7.54. The van der Waals surface area contributed by atoms with Gasteiger partial charge in [-0.1, -0.05) is 30.3 Å². The second-order valence-corrected chi connectivity index (χ2v) is 7.30. The normalized spacial score (nSPS) is 14.4. The molecule has 0 radical (unpaired) electrons. The molecule has 0 saturated carbocycles. The first-order valence-corrected chi connectivity index (χ1v) is 10.3. The van der Waals surface area contributed by atoms with Gasteiger partial charge in [-0.3, -0.25) is 9.79 Å². The van der Waals surface area contributed by atoms with Crippen molar-refractivity contribution in [3.8, 4) is 5.75 Å². The number of nitrogens with one attached hydrogen (secondary N) is 2. The minimum atomic E-state index is 0.0820. The number of aryl methyl sites for hydroxylation is 1. The first kappa shape index (κ1) is 21.5. The minimum Gasteiger partial charge on any atom is -0.496 e. The number of ether oxygens (including phenoxy) is 1. The zero-order chi connectivity index (χ0) is 21.3. The van der Waals surface area contributed by atoms with Crippen LogP contribution in [-0.2, 0) is 11.3 Å². The summed E-state index contributed by atoms with van der Waals surface area (Å²) >= 11 is 0. The van der Waals surface area contributed by atoms with Crippen molar-refractivity contribution in [3.63, 3.8) is 0 Å². The van der Waals surface area contributed by atoms with Gasteiger partial charge in [0, 0.05) is 51.0 Å². The van der Waals surface area contributed by atoms with E-state index >= 15 is 0 Å². The molecule has 1 amide bonds. The van der Waals surface area contributed by atoms with Gasteiger partial charge in [0.2, 0.25) is 5.91 Å². The summed E-state index contributed by atoms with van der Waals surface area (Å²) in [5.41, 5.74) is 3.39. The topological polar surface area (TPSA) is 69.2 Å². The minimum absolute atomic E-state index is 0.0820. The van der Waals surface area contributed by atoms with Gasteiger partial charge in [-0.05, 0) is 30.7 Å². The Morgan fingerprint density at radius 2 is 1.80 bits per heavy atom. The van der Waals surface area contributed by atoms with E-state index in [0.29, 0.717) is 12.5 Å². The third kappa shape index (κ3) is 5.65. The highest BCUT2D eigenvalue weighted by atomic mass is 16.5. The van der Waals surface area contributed by atoms with Crippen LogP contribution in [0.15, 0.2) is 53.5 Å². The molecule has 0 aromatic heterocycles. The number of carbonyl (C=O) groups excluding carboxylic acids is 1. The predicted molar refractivity (Wildman–Crippen MR) is 121 cm³/mol. The van der Waals surface area contributed by atoms with Crippen molar-refractivity contribution in [2.45, 2.75) is 13.5 Å². The van der Waals surface area contributed by atoms with Gasteiger partial charge in [0.05, 0.1) is 13.7 Å². The molecule has 0 spiro atoms. The first-order valence-electron chi connectivity index (χ1n) is 10.3. The lowest BCUT2D eigenvalue weighted by molar-refractivity contribution is -0.130. The second kappa shape index (κ2) is 10.5. The molecule has 1 heterocycles. The van der Waals surface area contributed by atoms with E-state index in [1.165, 1.54) is 5.69 Å². The van der Waals surface area contributed by atoms with Crippen LogP contribution in [0.3, 0.4) is 0 Å². The van der Waals surface area contributed by atoms with Crippen LogP contribution < -0.4 is 20.3 Å². The van der Waals surface area contributed by atoms with E-state index < -0.39 is 0 Å². The van der Waals surface area contributed by atoms with Gasteiger partial charge in [0.1, 0.15) is 5.75 Å². The van der Waals surface area contributed by atoms with Crippen LogP contribution in [0.5, 0.6) is 5.75 Å². The van der Waals surface area contributed by atoms with Gasteiger partial charge < -0.3 is 25.2 Å². The summed E-state index contributed by atoms with van der Waals surface area (Å²) < 4.78 is 5.45. The molecular formula is C23H31N5O2. The Balaban J connectivity index is 1.44. The number of rotatable bonds is 6. The van der Waals surface area contributed by atoms with Crippen LogP contribution in [0.2, 0.25) is 0 Å². The highest BCUT2D eigenvalue weighted by Gasteiger charge is 2.21. The fourth-order valence-corrected chi connectivity index (χ4v) is 3.52. The summed E-state index contributed by atoms with van der Waals surface area (Å²) in [5, 5.41) is 6.37. The number of carbonyl (C=O) groups is 1. The second-order valence-electron chi connectivity index (χ2n) is 7.30. The largest absolute Gasteiger partial charge is 0.496 e. The molecule has 7 nitrogen and oxygen atoms in total. The van der Waals surface area contributed by atoms with Crippen molar-refractivity contribution >= 4 is 17.6 Å². The van der Waals surface area contributed by atoms with Crippen molar-refractivity contribution in [2.24, 2.45) is 4.99 Å². The average molecular weight is 410 g/mol. The van der Waals surface area contributed by atoms with Gasteiger partial charge in [-0.2, -0.15) is 0 Å². The standard InChI is InChI=1S/C23H31N5O2/c1-18-9-10-19(21(15-18)30-3)16-25-23(24-2)26-17-22(29)28-13-11-27(12-14-28)20-7-5-4-6-8-20/h4-10,15H,11-14,16-17H2,1-3H3,(H2,24,25,26). The van der Waals surface area contributed by atoms with Crippen molar-refractivity contribution in [1.82, 2.24) is 15.5 Å². The monoisotopic (exact) mass is 409 g/mol. The summed E-state index contributed by atoms with van der Waals surface area (Å²) in [6.07, 6.45) is 0. The molecular weight excluding hydrogens is 378 g/mol. The zero-order valence-electron chi connectivity index (χ0n) is 18.0. The molecule has 0 bridgehead atoms. The number of hydrogen-bond donors (Lipinski definition) is 2. The van der Waals surface area contributed by atoms with Crippen LogP contribution >= 0.6 is 0 Å². The molecule has 0 aliphatic carbocycles. The quantitative estimate of drug-likeness (QED) is 0.564. The Labute approximate surface area is 178 Å². The Hall–Kier alpha value is -3.22. The highest BCUT2D eigenvalue weighted by Crippen LogP contribution is 2.19. The van der Waals surface area contributed by atoms with Crippen molar-refractivity contribution < 1.29 is 9.53 Å². The van der Waals surface area contributed by atoms with Crippen molar-refractivity contribution in [2.75, 3.05) is 51.8 Å². The van der Waals surface area contributed by atoms with Crippen LogP contribution in [-0.4, -0.2) is 63.6 Å². The maximum absolute atomic E-state index is 12.6. The summed E-state index contributed by atoms with van der Waals surface area (Å²) in [6.45, 7) is 5.95. The van der Waals surface area contributed by atoms with E-state index in [0.717, 1.165) is 43.1 Å². The van der Waals surface area contributed by atoms with Crippen LogP contribution in [0.4, 0.5) is 5.69 Å². The number of guanidine groups is 1. The molecule has 0 unspecified atom stereocenters. The van der Waals surface area contributed by atoms with E-state index in [4.69, 9.17) is 4.74 Å². The SMILES string of the molecule is CN=C(NCC(=O)N1CCN(c2ccccc2)CC1)NCc1ccc(C)cc1OC. The smallest absolute Gasteiger partial charge is 0.242 e.